The number of nitrogens with one attached hydrogen (secondary N) is 1. The molecule has 2 rings (SSSR count). The summed E-state index contributed by atoms with van der Waals surface area (Å²) in [6, 6.07) is 10.5. The van der Waals surface area contributed by atoms with Crippen molar-refractivity contribution in [1.82, 2.24) is 4.98 Å². The Balaban J connectivity index is 1.96. The van der Waals surface area contributed by atoms with Gasteiger partial charge in [-0.2, -0.15) is 0 Å². The minimum Gasteiger partial charge on any atom is -0.478 e. The van der Waals surface area contributed by atoms with E-state index in [9.17, 15) is 9.59 Å². The van der Waals surface area contributed by atoms with Crippen molar-refractivity contribution >= 4 is 45.4 Å². The largest absolute Gasteiger partial charge is 0.478 e. The van der Waals surface area contributed by atoms with Gasteiger partial charge in [-0.25, -0.2) is 9.78 Å². The molecular formula is C14H11BrN2O3S. The summed E-state index contributed by atoms with van der Waals surface area (Å²) in [6.07, 6.45) is 1.43. The van der Waals surface area contributed by atoms with Gasteiger partial charge in [0.25, 0.3) is 0 Å². The molecule has 2 N–H and O–H groups in total. The Morgan fingerprint density at radius 2 is 1.95 bits per heavy atom. The van der Waals surface area contributed by atoms with Crippen molar-refractivity contribution < 1.29 is 14.7 Å². The zero-order chi connectivity index (χ0) is 15.2. The average molecular weight is 367 g/mol. The maximum Gasteiger partial charge on any atom is 0.339 e. The minimum absolute atomic E-state index is 0.0282. The van der Waals surface area contributed by atoms with E-state index in [2.05, 4.69) is 26.2 Å². The van der Waals surface area contributed by atoms with E-state index >= 15 is 0 Å². The Bertz CT molecular complexity index is 662. The van der Waals surface area contributed by atoms with Crippen LogP contribution >= 0.6 is 27.7 Å². The van der Waals surface area contributed by atoms with Gasteiger partial charge in [0.1, 0.15) is 11.4 Å². The molecule has 108 valence electrons. The lowest BCUT2D eigenvalue weighted by Gasteiger charge is -2.07. The number of hydrogen-bond acceptors (Lipinski definition) is 4. The number of halogens is 1. The van der Waals surface area contributed by atoms with Crippen LogP contribution in [-0.2, 0) is 4.79 Å². The lowest BCUT2D eigenvalue weighted by atomic mass is 10.2. The van der Waals surface area contributed by atoms with Gasteiger partial charge in [-0.05, 0) is 36.4 Å². The first-order chi connectivity index (χ1) is 10.1. The van der Waals surface area contributed by atoms with Crippen molar-refractivity contribution in [3.05, 3.63) is 52.6 Å². The molecule has 1 aromatic heterocycles. The quantitative estimate of drug-likeness (QED) is 0.793. The smallest absolute Gasteiger partial charge is 0.339 e. The Hall–Kier alpha value is -1.86. The second-order valence-corrected chi connectivity index (χ2v) is 5.96. The molecule has 7 heteroatoms. The summed E-state index contributed by atoms with van der Waals surface area (Å²) >= 11 is 4.70. The predicted octanol–water partition coefficient (Wildman–Crippen LogP) is 3.27. The van der Waals surface area contributed by atoms with Crippen LogP contribution in [0.3, 0.4) is 0 Å². The number of pyridine rings is 1. The molecule has 0 saturated carbocycles. The molecule has 0 radical (unpaired) electrons. The number of aromatic nitrogens is 1. The molecule has 5 nitrogen and oxygen atoms in total. The molecule has 0 fully saturated rings. The third kappa shape index (κ3) is 4.57. The Morgan fingerprint density at radius 1 is 1.24 bits per heavy atom. The molecule has 1 amide bonds. The molecule has 0 bridgehead atoms. The number of amides is 1. The van der Waals surface area contributed by atoms with Gasteiger partial charge in [0.15, 0.2) is 0 Å². The highest BCUT2D eigenvalue weighted by atomic mass is 79.9. The molecule has 0 aliphatic carbocycles. The van der Waals surface area contributed by atoms with Crippen LogP contribution in [0.2, 0.25) is 0 Å². The Kier molecular flexibility index (Phi) is 5.35. The van der Waals surface area contributed by atoms with Crippen molar-refractivity contribution in [2.45, 2.75) is 4.90 Å². The maximum atomic E-state index is 11.9. The fraction of sp³-hybridized carbons (Fsp3) is 0.0714. The van der Waals surface area contributed by atoms with E-state index in [1.807, 2.05) is 24.3 Å². The summed E-state index contributed by atoms with van der Waals surface area (Å²) in [7, 11) is 0. The van der Waals surface area contributed by atoms with Crippen LogP contribution < -0.4 is 5.32 Å². The topological polar surface area (TPSA) is 79.3 Å². The number of hydrogen-bond donors (Lipinski definition) is 2. The number of rotatable bonds is 5. The molecular weight excluding hydrogens is 356 g/mol. The van der Waals surface area contributed by atoms with Crippen molar-refractivity contribution in [1.29, 1.82) is 0 Å². The molecule has 1 aromatic carbocycles. The third-order valence-corrected chi connectivity index (χ3v) is 4.02. The highest BCUT2D eigenvalue weighted by Gasteiger charge is 2.13. The molecule has 0 aliphatic heterocycles. The lowest BCUT2D eigenvalue weighted by molar-refractivity contribution is -0.113. The molecule has 0 atom stereocenters. The summed E-state index contributed by atoms with van der Waals surface area (Å²) in [5.74, 6) is -1.19. The van der Waals surface area contributed by atoms with Crippen LogP contribution in [0.15, 0.2) is 52.0 Å². The number of benzene rings is 1. The third-order valence-electron chi connectivity index (χ3n) is 2.48. The van der Waals surface area contributed by atoms with Crippen LogP contribution in [0.1, 0.15) is 10.4 Å². The van der Waals surface area contributed by atoms with Crippen molar-refractivity contribution in [3.8, 4) is 0 Å². The molecule has 0 spiro atoms. The average Bonchev–Trinajstić information content (AvgIpc) is 2.47. The normalized spacial score (nSPS) is 10.1. The van der Waals surface area contributed by atoms with E-state index in [4.69, 9.17) is 5.11 Å². The molecule has 2 aromatic rings. The fourth-order valence-electron chi connectivity index (χ4n) is 1.53. The lowest BCUT2D eigenvalue weighted by Crippen LogP contribution is -2.17. The number of carbonyl (C=O) groups excluding carboxylic acids is 1. The zero-order valence-corrected chi connectivity index (χ0v) is 13.1. The molecule has 0 saturated heterocycles. The van der Waals surface area contributed by atoms with Gasteiger partial charge >= 0.3 is 5.97 Å². The molecule has 0 unspecified atom stereocenters. The van der Waals surface area contributed by atoms with Crippen molar-refractivity contribution in [2.75, 3.05) is 11.1 Å². The van der Waals surface area contributed by atoms with Crippen LogP contribution in [0.25, 0.3) is 0 Å². The van der Waals surface area contributed by atoms with Gasteiger partial charge in [0.05, 0.1) is 5.75 Å². The van der Waals surface area contributed by atoms with E-state index in [0.717, 1.165) is 9.37 Å². The van der Waals surface area contributed by atoms with E-state index in [-0.39, 0.29) is 23.0 Å². The Labute approximate surface area is 133 Å². The predicted molar refractivity (Wildman–Crippen MR) is 84.7 cm³/mol. The van der Waals surface area contributed by atoms with E-state index < -0.39 is 5.97 Å². The van der Waals surface area contributed by atoms with Crippen molar-refractivity contribution in [2.24, 2.45) is 0 Å². The Morgan fingerprint density at radius 3 is 2.62 bits per heavy atom. The first-order valence-electron chi connectivity index (χ1n) is 5.93. The highest BCUT2D eigenvalue weighted by molar-refractivity contribution is 9.10. The standard InChI is InChI=1S/C14H11BrN2O3S/c15-9-3-5-10(6-4-9)21-8-12(18)17-13-11(14(19)20)2-1-7-16-13/h1-7H,8H2,(H,19,20)(H,16,17,18). The number of thioether (sulfide) groups is 1. The van der Waals surface area contributed by atoms with Crippen LogP contribution in [-0.4, -0.2) is 27.7 Å². The zero-order valence-electron chi connectivity index (χ0n) is 10.7. The maximum absolute atomic E-state index is 11.9. The second kappa shape index (κ2) is 7.24. The van der Waals surface area contributed by atoms with Crippen LogP contribution in [0.5, 0.6) is 0 Å². The van der Waals surface area contributed by atoms with Crippen molar-refractivity contribution in [3.63, 3.8) is 0 Å². The van der Waals surface area contributed by atoms with Gasteiger partial charge in [0, 0.05) is 15.6 Å². The summed E-state index contributed by atoms with van der Waals surface area (Å²) in [4.78, 5) is 27.7. The van der Waals surface area contributed by atoms with E-state index in [1.165, 1.54) is 30.1 Å². The molecule has 21 heavy (non-hydrogen) atoms. The first kappa shape index (κ1) is 15.5. The van der Waals surface area contributed by atoms with Gasteiger partial charge < -0.3 is 10.4 Å². The van der Waals surface area contributed by atoms with Gasteiger partial charge in [-0.1, -0.05) is 15.9 Å². The van der Waals surface area contributed by atoms with Crippen LogP contribution in [0.4, 0.5) is 5.82 Å². The summed E-state index contributed by atoms with van der Waals surface area (Å²) in [5, 5.41) is 11.5. The number of carboxylic acid groups (broad SMARTS) is 1. The van der Waals surface area contributed by atoms with E-state index in [1.54, 1.807) is 0 Å². The SMILES string of the molecule is O=C(CSc1ccc(Br)cc1)Nc1ncccc1C(=O)O. The van der Waals surface area contributed by atoms with Gasteiger partial charge in [0.2, 0.25) is 5.91 Å². The number of carbonyl (C=O) groups is 2. The first-order valence-corrected chi connectivity index (χ1v) is 7.70. The second-order valence-electron chi connectivity index (χ2n) is 4.00. The number of anilines is 1. The minimum atomic E-state index is -1.13. The monoisotopic (exact) mass is 366 g/mol. The molecule has 1 heterocycles. The van der Waals surface area contributed by atoms with Gasteiger partial charge in [-0.15, -0.1) is 11.8 Å². The van der Waals surface area contributed by atoms with Gasteiger partial charge in [-0.3, -0.25) is 4.79 Å². The van der Waals surface area contributed by atoms with E-state index in [0.29, 0.717) is 0 Å². The summed E-state index contributed by atoms with van der Waals surface area (Å²) in [5.41, 5.74) is -0.0282. The molecule has 0 aliphatic rings. The fourth-order valence-corrected chi connectivity index (χ4v) is 2.49. The number of aromatic carboxylic acids is 1. The summed E-state index contributed by atoms with van der Waals surface area (Å²) in [6.45, 7) is 0. The highest BCUT2D eigenvalue weighted by Crippen LogP contribution is 2.21. The number of carboxylic acids is 1. The van der Waals surface area contributed by atoms with Crippen LogP contribution in [0, 0.1) is 0 Å². The number of nitrogens with zero attached hydrogens (tertiary/aromatic N) is 1. The summed E-state index contributed by atoms with van der Waals surface area (Å²) < 4.78 is 0.968.